The standard InChI is InChI=1S/2C12H27N/c1-10(2)7-13(8-11(3)4)9-12(5)6;1-4-7-10-13(11-8-5-2)12-9-6-3/h10-12H,7-9H2,1-6H3;4-12H2,1-3H3. The molecule has 0 saturated heterocycles. The Morgan fingerprint density at radius 3 is 0.923 bits per heavy atom. The Morgan fingerprint density at radius 1 is 0.462 bits per heavy atom. The molecular weight excluding hydrogens is 316 g/mol. The van der Waals surface area contributed by atoms with Gasteiger partial charge in [0.25, 0.3) is 0 Å². The Morgan fingerprint density at radius 2 is 0.731 bits per heavy atom. The molecule has 2 nitrogen and oxygen atoms in total. The summed E-state index contributed by atoms with van der Waals surface area (Å²) in [6.45, 7) is 28.3. The fourth-order valence-electron chi connectivity index (χ4n) is 3.25. The zero-order valence-electron chi connectivity index (χ0n) is 20.1. The first-order chi connectivity index (χ1) is 12.3. The van der Waals surface area contributed by atoms with Crippen molar-refractivity contribution in [2.45, 2.75) is 101 Å². The topological polar surface area (TPSA) is 6.48 Å². The van der Waals surface area contributed by atoms with Crippen LogP contribution in [0.5, 0.6) is 0 Å². The average Bonchev–Trinajstić information content (AvgIpc) is 2.53. The second kappa shape index (κ2) is 19.7. The van der Waals surface area contributed by atoms with Crippen molar-refractivity contribution >= 4 is 0 Å². The smallest absolute Gasteiger partial charge is 0.000461 e. The summed E-state index contributed by atoms with van der Waals surface area (Å²) in [5.41, 5.74) is 0. The number of unbranched alkanes of at least 4 members (excludes halogenated alkanes) is 3. The highest BCUT2D eigenvalue weighted by Gasteiger charge is 2.10. The van der Waals surface area contributed by atoms with Crippen molar-refractivity contribution in [1.82, 2.24) is 9.80 Å². The van der Waals surface area contributed by atoms with Crippen LogP contribution in [0.3, 0.4) is 0 Å². The normalized spacial score (nSPS) is 11.8. The van der Waals surface area contributed by atoms with Crippen molar-refractivity contribution in [3.05, 3.63) is 0 Å². The van der Waals surface area contributed by atoms with Gasteiger partial charge in [-0.3, -0.25) is 0 Å². The molecule has 0 aliphatic heterocycles. The maximum absolute atomic E-state index is 2.64. The molecule has 0 aromatic carbocycles. The summed E-state index contributed by atoms with van der Waals surface area (Å²) in [4.78, 5) is 5.23. The van der Waals surface area contributed by atoms with Gasteiger partial charge in [0.05, 0.1) is 0 Å². The lowest BCUT2D eigenvalue weighted by Crippen LogP contribution is -2.34. The van der Waals surface area contributed by atoms with E-state index >= 15 is 0 Å². The van der Waals surface area contributed by atoms with Crippen molar-refractivity contribution in [3.8, 4) is 0 Å². The van der Waals surface area contributed by atoms with E-state index in [0.717, 1.165) is 17.8 Å². The van der Waals surface area contributed by atoms with Gasteiger partial charge in [0.1, 0.15) is 0 Å². The molecule has 2 heteroatoms. The quantitative estimate of drug-likeness (QED) is 0.308. The first kappa shape index (κ1) is 28.1. The van der Waals surface area contributed by atoms with Crippen molar-refractivity contribution in [3.63, 3.8) is 0 Å². The molecule has 0 atom stereocenters. The van der Waals surface area contributed by atoms with Gasteiger partial charge in [-0.2, -0.15) is 0 Å². The van der Waals surface area contributed by atoms with Crippen LogP contribution in [-0.4, -0.2) is 49.1 Å². The maximum atomic E-state index is 2.64. The number of hydrogen-bond acceptors (Lipinski definition) is 2. The van der Waals surface area contributed by atoms with Crippen LogP contribution in [0.25, 0.3) is 0 Å². The van der Waals surface area contributed by atoms with Crippen LogP contribution in [0, 0.1) is 17.8 Å². The van der Waals surface area contributed by atoms with Crippen LogP contribution in [-0.2, 0) is 0 Å². The highest BCUT2D eigenvalue weighted by molar-refractivity contribution is 4.64. The molecule has 0 aromatic heterocycles. The fourth-order valence-corrected chi connectivity index (χ4v) is 3.25. The van der Waals surface area contributed by atoms with Crippen LogP contribution in [0.15, 0.2) is 0 Å². The highest BCUT2D eigenvalue weighted by atomic mass is 15.1. The third kappa shape index (κ3) is 22.0. The minimum atomic E-state index is 0.789. The molecule has 0 aliphatic rings. The molecule has 0 aliphatic carbocycles. The van der Waals surface area contributed by atoms with E-state index in [4.69, 9.17) is 0 Å². The molecule has 160 valence electrons. The number of hydrogen-bond donors (Lipinski definition) is 0. The van der Waals surface area contributed by atoms with Crippen LogP contribution in [0.4, 0.5) is 0 Å². The Kier molecular flexibility index (Phi) is 21.3. The van der Waals surface area contributed by atoms with Gasteiger partial charge in [0, 0.05) is 19.6 Å². The van der Waals surface area contributed by atoms with Crippen LogP contribution in [0.1, 0.15) is 101 Å². The Hall–Kier alpha value is -0.0800. The summed E-state index contributed by atoms with van der Waals surface area (Å²) in [5, 5.41) is 0. The minimum absolute atomic E-state index is 0.789. The molecule has 0 N–H and O–H groups in total. The lowest BCUT2D eigenvalue weighted by molar-refractivity contribution is 0.198. The van der Waals surface area contributed by atoms with E-state index in [-0.39, 0.29) is 0 Å². The highest BCUT2D eigenvalue weighted by Crippen LogP contribution is 2.07. The summed E-state index contributed by atoms with van der Waals surface area (Å²) in [7, 11) is 0. The van der Waals surface area contributed by atoms with Crippen LogP contribution >= 0.6 is 0 Å². The van der Waals surface area contributed by atoms with Gasteiger partial charge in [-0.05, 0) is 56.7 Å². The van der Waals surface area contributed by atoms with Gasteiger partial charge in [-0.15, -0.1) is 0 Å². The zero-order valence-corrected chi connectivity index (χ0v) is 20.1. The monoisotopic (exact) mass is 370 g/mol. The second-order valence-corrected chi connectivity index (χ2v) is 9.30. The fraction of sp³-hybridized carbons (Fsp3) is 1.00. The number of nitrogens with zero attached hydrogens (tertiary/aromatic N) is 2. The van der Waals surface area contributed by atoms with Crippen molar-refractivity contribution in [2.75, 3.05) is 39.3 Å². The molecule has 0 amide bonds. The zero-order chi connectivity index (χ0) is 20.4. The van der Waals surface area contributed by atoms with Crippen molar-refractivity contribution < 1.29 is 0 Å². The van der Waals surface area contributed by atoms with Gasteiger partial charge in [-0.25, -0.2) is 0 Å². The molecule has 0 unspecified atom stereocenters. The van der Waals surface area contributed by atoms with Crippen molar-refractivity contribution in [2.24, 2.45) is 17.8 Å². The summed E-state index contributed by atoms with van der Waals surface area (Å²) >= 11 is 0. The van der Waals surface area contributed by atoms with Gasteiger partial charge in [0.15, 0.2) is 0 Å². The molecular formula is C24H54N2. The Balaban J connectivity index is 0. The van der Waals surface area contributed by atoms with Gasteiger partial charge in [-0.1, -0.05) is 81.6 Å². The average molecular weight is 371 g/mol. The molecule has 0 fully saturated rings. The Labute approximate surface area is 168 Å². The summed E-state index contributed by atoms with van der Waals surface area (Å²) < 4.78 is 0. The summed E-state index contributed by atoms with van der Waals surface area (Å²) in [6.07, 6.45) is 8.09. The third-order valence-corrected chi connectivity index (χ3v) is 4.35. The SMILES string of the molecule is CC(C)CN(CC(C)C)CC(C)C.CCCCN(CCCC)CCCC. The molecule has 0 spiro atoms. The van der Waals surface area contributed by atoms with Crippen molar-refractivity contribution in [1.29, 1.82) is 0 Å². The molecule has 0 aromatic rings. The maximum Gasteiger partial charge on any atom is 0.000461 e. The van der Waals surface area contributed by atoms with E-state index in [0.29, 0.717) is 0 Å². The van der Waals surface area contributed by atoms with Crippen LogP contribution in [0.2, 0.25) is 0 Å². The van der Waals surface area contributed by atoms with Gasteiger partial charge >= 0.3 is 0 Å². The number of rotatable bonds is 15. The first-order valence-electron chi connectivity index (χ1n) is 11.7. The van der Waals surface area contributed by atoms with E-state index in [1.807, 2.05) is 0 Å². The summed E-state index contributed by atoms with van der Waals surface area (Å²) in [5.74, 6) is 2.37. The van der Waals surface area contributed by atoms with Gasteiger partial charge < -0.3 is 9.80 Å². The summed E-state index contributed by atoms with van der Waals surface area (Å²) in [6, 6.07) is 0. The Bertz CT molecular complexity index is 218. The first-order valence-corrected chi connectivity index (χ1v) is 11.7. The molecule has 0 heterocycles. The predicted molar refractivity (Wildman–Crippen MR) is 122 cm³/mol. The molecule has 0 rings (SSSR count). The van der Waals surface area contributed by atoms with E-state index < -0.39 is 0 Å². The van der Waals surface area contributed by atoms with E-state index in [9.17, 15) is 0 Å². The lowest BCUT2D eigenvalue weighted by Gasteiger charge is -2.27. The third-order valence-electron chi connectivity index (χ3n) is 4.35. The second-order valence-electron chi connectivity index (χ2n) is 9.30. The molecule has 0 saturated carbocycles. The molecule has 0 radical (unpaired) electrons. The minimum Gasteiger partial charge on any atom is -0.303 e. The van der Waals surface area contributed by atoms with E-state index in [1.54, 1.807) is 0 Å². The van der Waals surface area contributed by atoms with Gasteiger partial charge in [0.2, 0.25) is 0 Å². The lowest BCUT2D eigenvalue weighted by atomic mass is 10.1. The van der Waals surface area contributed by atoms with E-state index in [2.05, 4.69) is 72.1 Å². The van der Waals surface area contributed by atoms with E-state index in [1.165, 1.54) is 77.8 Å². The predicted octanol–water partition coefficient (Wildman–Crippen LogP) is 6.95. The largest absolute Gasteiger partial charge is 0.303 e. The molecule has 0 bridgehead atoms. The van der Waals surface area contributed by atoms with Crippen LogP contribution < -0.4 is 0 Å². The molecule has 26 heavy (non-hydrogen) atoms.